The molecule has 0 amide bonds. The van der Waals surface area contributed by atoms with Gasteiger partial charge in [-0.15, -0.1) is 0 Å². The van der Waals surface area contributed by atoms with Gasteiger partial charge in [0.25, 0.3) is 0 Å². The van der Waals surface area contributed by atoms with E-state index in [1.807, 2.05) is 6.07 Å². The first kappa shape index (κ1) is 10.9. The number of fused-ring (bicyclic) bond motifs is 1. The van der Waals surface area contributed by atoms with E-state index in [0.29, 0.717) is 12.1 Å². The molecule has 2 unspecified atom stereocenters. The highest BCUT2D eigenvalue weighted by atomic mass is 16.5. The fourth-order valence-electron chi connectivity index (χ4n) is 3.13. The quantitative estimate of drug-likeness (QED) is 0.755. The Labute approximate surface area is 103 Å². The number of hydrogen-bond donors (Lipinski definition) is 1. The van der Waals surface area contributed by atoms with Crippen molar-refractivity contribution in [1.29, 1.82) is 0 Å². The lowest BCUT2D eigenvalue weighted by molar-refractivity contribution is 0.0257. The Morgan fingerprint density at radius 2 is 2.24 bits per heavy atom. The van der Waals surface area contributed by atoms with Crippen molar-refractivity contribution in [2.24, 2.45) is 0 Å². The van der Waals surface area contributed by atoms with Gasteiger partial charge >= 0.3 is 0 Å². The molecule has 1 aromatic carbocycles. The molecule has 0 aromatic heterocycles. The van der Waals surface area contributed by atoms with Crippen LogP contribution in [0, 0.1) is 6.92 Å². The number of anilines is 2. The van der Waals surface area contributed by atoms with Crippen LogP contribution >= 0.6 is 0 Å². The summed E-state index contributed by atoms with van der Waals surface area (Å²) in [5, 5.41) is 0. The lowest BCUT2D eigenvalue weighted by atomic mass is 10.1. The molecule has 2 fully saturated rings. The Kier molecular flexibility index (Phi) is 2.71. The first-order chi connectivity index (χ1) is 8.25. The predicted octanol–water partition coefficient (Wildman–Crippen LogP) is 2.33. The zero-order chi connectivity index (χ0) is 11.8. The number of nitrogen functional groups attached to an aromatic ring is 1. The zero-order valence-corrected chi connectivity index (χ0v) is 10.4. The molecule has 1 saturated heterocycles. The van der Waals surface area contributed by atoms with Gasteiger partial charge in [0.15, 0.2) is 0 Å². The minimum atomic E-state index is 0.420. The summed E-state index contributed by atoms with van der Waals surface area (Å²) in [5.74, 6) is 0. The Morgan fingerprint density at radius 3 is 3.12 bits per heavy atom. The summed E-state index contributed by atoms with van der Waals surface area (Å²) < 4.78 is 5.84. The van der Waals surface area contributed by atoms with Gasteiger partial charge in [0.2, 0.25) is 0 Å². The number of hydrogen-bond acceptors (Lipinski definition) is 3. The zero-order valence-electron chi connectivity index (χ0n) is 10.4. The molecule has 1 aromatic rings. The Bertz CT molecular complexity index is 419. The molecule has 1 saturated carbocycles. The highest BCUT2D eigenvalue weighted by molar-refractivity contribution is 5.69. The molecule has 3 rings (SSSR count). The van der Waals surface area contributed by atoms with Crippen LogP contribution in [-0.2, 0) is 4.74 Å². The van der Waals surface area contributed by atoms with E-state index in [4.69, 9.17) is 10.5 Å². The van der Waals surface area contributed by atoms with Crippen molar-refractivity contribution >= 4 is 11.4 Å². The average Bonchev–Trinajstić information content (AvgIpc) is 2.80. The predicted molar refractivity (Wildman–Crippen MR) is 70.3 cm³/mol. The first-order valence-corrected chi connectivity index (χ1v) is 6.50. The Hall–Kier alpha value is -1.22. The van der Waals surface area contributed by atoms with E-state index in [1.54, 1.807) is 0 Å². The molecule has 0 bridgehead atoms. The van der Waals surface area contributed by atoms with Crippen LogP contribution in [0.25, 0.3) is 0 Å². The molecule has 1 aliphatic carbocycles. The number of benzene rings is 1. The van der Waals surface area contributed by atoms with Gasteiger partial charge in [-0.05, 0) is 43.9 Å². The fourth-order valence-corrected chi connectivity index (χ4v) is 3.13. The molecule has 3 nitrogen and oxygen atoms in total. The van der Waals surface area contributed by atoms with Gasteiger partial charge in [-0.3, -0.25) is 0 Å². The minimum Gasteiger partial charge on any atom is -0.397 e. The standard InChI is InChI=1S/C14H20N2O/c1-10-5-6-11(15)13(9-10)16-7-8-17-14-4-2-3-12(14)16/h5-6,9,12,14H,2-4,7-8,15H2,1H3. The maximum Gasteiger partial charge on any atom is 0.0779 e. The SMILES string of the molecule is Cc1ccc(N)c(N2CCOC3CCCC32)c1. The average molecular weight is 232 g/mol. The lowest BCUT2D eigenvalue weighted by Crippen LogP contribution is -2.48. The number of rotatable bonds is 1. The first-order valence-electron chi connectivity index (χ1n) is 6.50. The molecule has 2 aliphatic rings. The van der Waals surface area contributed by atoms with Crippen molar-refractivity contribution in [2.45, 2.75) is 38.3 Å². The van der Waals surface area contributed by atoms with E-state index in [9.17, 15) is 0 Å². The summed E-state index contributed by atoms with van der Waals surface area (Å²) in [6.45, 7) is 3.92. The molecule has 1 aliphatic heterocycles. The summed E-state index contributed by atoms with van der Waals surface area (Å²) >= 11 is 0. The van der Waals surface area contributed by atoms with Crippen LogP contribution in [0.3, 0.4) is 0 Å². The van der Waals surface area contributed by atoms with Gasteiger partial charge < -0.3 is 15.4 Å². The van der Waals surface area contributed by atoms with Gasteiger partial charge in [0.1, 0.15) is 0 Å². The number of ether oxygens (including phenoxy) is 1. The molecule has 0 spiro atoms. The lowest BCUT2D eigenvalue weighted by Gasteiger charge is -2.40. The summed E-state index contributed by atoms with van der Waals surface area (Å²) in [6.07, 6.45) is 4.13. The second-order valence-electron chi connectivity index (χ2n) is 5.16. The van der Waals surface area contributed by atoms with Gasteiger partial charge in [0, 0.05) is 6.54 Å². The third kappa shape index (κ3) is 1.89. The van der Waals surface area contributed by atoms with Gasteiger partial charge in [0.05, 0.1) is 30.1 Å². The van der Waals surface area contributed by atoms with Crippen molar-refractivity contribution in [2.75, 3.05) is 23.8 Å². The summed E-state index contributed by atoms with van der Waals surface area (Å²) in [4.78, 5) is 2.46. The maximum absolute atomic E-state index is 6.12. The third-order valence-electron chi connectivity index (χ3n) is 3.98. The van der Waals surface area contributed by atoms with Crippen LogP contribution in [0.4, 0.5) is 11.4 Å². The molecular formula is C14H20N2O. The highest BCUT2D eigenvalue weighted by Gasteiger charge is 2.36. The van der Waals surface area contributed by atoms with E-state index in [-0.39, 0.29) is 0 Å². The second-order valence-corrected chi connectivity index (χ2v) is 5.16. The molecule has 2 N–H and O–H groups in total. The summed E-state index contributed by atoms with van der Waals surface area (Å²) in [6, 6.07) is 6.83. The molecule has 3 heteroatoms. The summed E-state index contributed by atoms with van der Waals surface area (Å²) in [5.41, 5.74) is 9.49. The van der Waals surface area contributed by atoms with E-state index in [0.717, 1.165) is 18.8 Å². The minimum absolute atomic E-state index is 0.420. The van der Waals surface area contributed by atoms with Crippen LogP contribution in [0.1, 0.15) is 24.8 Å². The van der Waals surface area contributed by atoms with Crippen molar-refractivity contribution in [3.8, 4) is 0 Å². The monoisotopic (exact) mass is 232 g/mol. The van der Waals surface area contributed by atoms with Crippen LogP contribution in [0.5, 0.6) is 0 Å². The second kappa shape index (κ2) is 4.22. The van der Waals surface area contributed by atoms with Crippen LogP contribution in [0.2, 0.25) is 0 Å². The van der Waals surface area contributed by atoms with E-state index in [2.05, 4.69) is 24.0 Å². The number of nitrogens with two attached hydrogens (primary N) is 1. The molecule has 92 valence electrons. The number of nitrogens with zero attached hydrogens (tertiary/aromatic N) is 1. The molecular weight excluding hydrogens is 212 g/mol. The van der Waals surface area contributed by atoms with Gasteiger partial charge in [-0.1, -0.05) is 6.07 Å². The van der Waals surface area contributed by atoms with Crippen LogP contribution in [0.15, 0.2) is 18.2 Å². The van der Waals surface area contributed by atoms with E-state index >= 15 is 0 Å². The normalized spacial score (nSPS) is 28.2. The Morgan fingerprint density at radius 1 is 1.35 bits per heavy atom. The number of morpholine rings is 1. The van der Waals surface area contributed by atoms with Crippen molar-refractivity contribution in [3.63, 3.8) is 0 Å². The van der Waals surface area contributed by atoms with E-state index < -0.39 is 0 Å². The van der Waals surface area contributed by atoms with Crippen molar-refractivity contribution < 1.29 is 4.74 Å². The Balaban J connectivity index is 1.94. The maximum atomic E-state index is 6.12. The third-order valence-corrected chi connectivity index (χ3v) is 3.98. The molecule has 0 radical (unpaired) electrons. The molecule has 17 heavy (non-hydrogen) atoms. The van der Waals surface area contributed by atoms with Gasteiger partial charge in [-0.2, -0.15) is 0 Å². The van der Waals surface area contributed by atoms with Crippen molar-refractivity contribution in [1.82, 2.24) is 0 Å². The fraction of sp³-hybridized carbons (Fsp3) is 0.571. The van der Waals surface area contributed by atoms with Crippen LogP contribution in [-0.4, -0.2) is 25.3 Å². The highest BCUT2D eigenvalue weighted by Crippen LogP contribution is 2.35. The van der Waals surface area contributed by atoms with E-state index in [1.165, 1.54) is 30.5 Å². The van der Waals surface area contributed by atoms with Gasteiger partial charge in [-0.25, -0.2) is 0 Å². The number of aryl methyl sites for hydroxylation is 1. The molecule has 2 atom stereocenters. The smallest absolute Gasteiger partial charge is 0.0779 e. The van der Waals surface area contributed by atoms with Crippen molar-refractivity contribution in [3.05, 3.63) is 23.8 Å². The summed E-state index contributed by atoms with van der Waals surface area (Å²) in [7, 11) is 0. The van der Waals surface area contributed by atoms with Crippen LogP contribution < -0.4 is 10.6 Å². The topological polar surface area (TPSA) is 38.5 Å². The molecule has 1 heterocycles. The largest absolute Gasteiger partial charge is 0.397 e.